The topological polar surface area (TPSA) is 52.2 Å². The number of carbonyl (C=O) groups excluding carboxylic acids is 1. The number of hydrogen-bond donors (Lipinski definition) is 1. The number of nitrogens with one attached hydrogen (secondary N) is 1. The van der Waals surface area contributed by atoms with Gasteiger partial charge < -0.3 is 9.80 Å². The van der Waals surface area contributed by atoms with Crippen LogP contribution >= 0.6 is 11.6 Å². The number of aromatic amines is 1. The van der Waals surface area contributed by atoms with Gasteiger partial charge in [-0.15, -0.1) is 0 Å². The largest absolute Gasteiger partial charge is 0.352 e. The first kappa shape index (κ1) is 18.4. The van der Waals surface area contributed by atoms with Crippen molar-refractivity contribution in [1.82, 2.24) is 15.1 Å². The molecule has 2 heterocycles. The second-order valence-corrected chi connectivity index (χ2v) is 6.99. The normalized spacial score (nSPS) is 14.4. The minimum absolute atomic E-state index is 0.150. The van der Waals surface area contributed by atoms with Crippen molar-refractivity contribution < 1.29 is 13.6 Å². The Morgan fingerprint density at radius 2 is 1.68 bits per heavy atom. The highest BCUT2D eigenvalue weighted by Gasteiger charge is 2.24. The molecule has 4 rings (SSSR count). The van der Waals surface area contributed by atoms with Crippen LogP contribution in [0.3, 0.4) is 0 Å². The minimum atomic E-state index is -1.02. The van der Waals surface area contributed by atoms with Crippen molar-refractivity contribution in [1.29, 1.82) is 0 Å². The van der Waals surface area contributed by atoms with Crippen molar-refractivity contribution in [2.75, 3.05) is 31.1 Å². The quantitative estimate of drug-likeness (QED) is 0.721. The number of H-pyrrole nitrogens is 1. The van der Waals surface area contributed by atoms with Gasteiger partial charge in [-0.3, -0.25) is 9.89 Å². The Balaban J connectivity index is 1.41. The second kappa shape index (κ2) is 7.59. The molecule has 0 radical (unpaired) electrons. The van der Waals surface area contributed by atoms with E-state index in [1.165, 1.54) is 6.07 Å². The van der Waals surface area contributed by atoms with Crippen molar-refractivity contribution >= 4 is 23.3 Å². The molecule has 0 unspecified atom stereocenters. The molecule has 28 heavy (non-hydrogen) atoms. The van der Waals surface area contributed by atoms with Crippen molar-refractivity contribution in [3.63, 3.8) is 0 Å². The number of amides is 1. The van der Waals surface area contributed by atoms with Gasteiger partial charge in [-0.25, -0.2) is 8.78 Å². The molecule has 0 saturated carbocycles. The molecule has 0 bridgehead atoms. The molecule has 1 saturated heterocycles. The summed E-state index contributed by atoms with van der Waals surface area (Å²) in [6.07, 6.45) is 0. The van der Waals surface area contributed by atoms with Crippen LogP contribution in [0, 0.1) is 11.6 Å². The van der Waals surface area contributed by atoms with Crippen molar-refractivity contribution in [3.8, 4) is 11.3 Å². The summed E-state index contributed by atoms with van der Waals surface area (Å²) in [6.45, 7) is 2.14. The Kier molecular flexibility index (Phi) is 5.00. The number of aromatic nitrogens is 2. The molecular formula is C20H17ClF2N4O. The van der Waals surface area contributed by atoms with Crippen LogP contribution < -0.4 is 4.90 Å². The van der Waals surface area contributed by atoms with Crippen LogP contribution in [0.4, 0.5) is 14.6 Å². The van der Waals surface area contributed by atoms with Crippen molar-refractivity contribution in [2.45, 2.75) is 0 Å². The van der Waals surface area contributed by atoms with Gasteiger partial charge in [0.2, 0.25) is 0 Å². The zero-order chi connectivity index (χ0) is 19.7. The molecule has 1 aliphatic rings. The summed E-state index contributed by atoms with van der Waals surface area (Å²) in [7, 11) is 0. The monoisotopic (exact) mass is 402 g/mol. The fraction of sp³-hybridized carbons (Fsp3) is 0.200. The van der Waals surface area contributed by atoms with Gasteiger partial charge in [0.1, 0.15) is 0 Å². The highest BCUT2D eigenvalue weighted by Crippen LogP contribution is 2.24. The number of benzene rings is 2. The van der Waals surface area contributed by atoms with Gasteiger partial charge in [-0.2, -0.15) is 5.10 Å². The fourth-order valence-corrected chi connectivity index (χ4v) is 3.33. The molecular weight excluding hydrogens is 386 g/mol. The first-order valence-electron chi connectivity index (χ1n) is 8.82. The summed E-state index contributed by atoms with van der Waals surface area (Å²) in [6, 6.07) is 12.6. The molecule has 1 fully saturated rings. The second-order valence-electron chi connectivity index (χ2n) is 6.55. The number of anilines is 1. The van der Waals surface area contributed by atoms with E-state index in [4.69, 9.17) is 11.6 Å². The Labute approximate surface area is 165 Å². The van der Waals surface area contributed by atoms with E-state index in [0.29, 0.717) is 31.2 Å². The van der Waals surface area contributed by atoms with Crippen molar-refractivity contribution in [2.24, 2.45) is 0 Å². The molecule has 144 valence electrons. The predicted octanol–water partition coefficient (Wildman–Crippen LogP) is 3.97. The Bertz CT molecular complexity index is 998. The van der Waals surface area contributed by atoms with Gasteiger partial charge in [0.05, 0.1) is 5.69 Å². The van der Waals surface area contributed by atoms with Crippen LogP contribution in [0.15, 0.2) is 48.5 Å². The number of nitrogens with zero attached hydrogens (tertiary/aromatic N) is 3. The van der Waals surface area contributed by atoms with Crippen LogP contribution in [-0.2, 0) is 0 Å². The fourth-order valence-electron chi connectivity index (χ4n) is 3.20. The molecule has 1 N–H and O–H groups in total. The number of rotatable bonds is 3. The molecule has 5 nitrogen and oxygen atoms in total. The Morgan fingerprint density at radius 1 is 0.964 bits per heavy atom. The van der Waals surface area contributed by atoms with Gasteiger partial charge in [0.25, 0.3) is 5.91 Å². The summed E-state index contributed by atoms with van der Waals surface area (Å²) in [5, 5.41) is 8.05. The Hall–Kier alpha value is -2.93. The molecule has 0 aliphatic carbocycles. The first-order valence-corrected chi connectivity index (χ1v) is 9.20. The maximum Gasteiger partial charge on any atom is 0.254 e. The third-order valence-corrected chi connectivity index (χ3v) is 5.03. The molecule has 1 aromatic heterocycles. The molecule has 8 heteroatoms. The summed E-state index contributed by atoms with van der Waals surface area (Å²) < 4.78 is 26.4. The minimum Gasteiger partial charge on any atom is -0.352 e. The SMILES string of the molecule is O=C(c1ccc(F)c(F)c1)N1CCN(c2cc(-c3ccc(Cl)cc3)[nH]n2)CC1. The van der Waals surface area contributed by atoms with Gasteiger partial charge in [-0.05, 0) is 35.9 Å². The highest BCUT2D eigenvalue weighted by atomic mass is 35.5. The summed E-state index contributed by atoms with van der Waals surface area (Å²) >= 11 is 5.92. The molecule has 0 spiro atoms. The lowest BCUT2D eigenvalue weighted by Gasteiger charge is -2.34. The van der Waals surface area contributed by atoms with E-state index in [0.717, 1.165) is 29.2 Å². The van der Waals surface area contributed by atoms with Gasteiger partial charge in [0.15, 0.2) is 17.5 Å². The van der Waals surface area contributed by atoms with Crippen LogP contribution in [-0.4, -0.2) is 47.2 Å². The molecule has 2 aromatic carbocycles. The van der Waals surface area contributed by atoms with E-state index >= 15 is 0 Å². The predicted molar refractivity (Wildman–Crippen MR) is 104 cm³/mol. The lowest BCUT2D eigenvalue weighted by molar-refractivity contribution is 0.0746. The third kappa shape index (κ3) is 3.71. The van der Waals surface area contributed by atoms with Crippen LogP contribution in [0.2, 0.25) is 5.02 Å². The number of carbonyl (C=O) groups is 1. The maximum atomic E-state index is 13.4. The van der Waals surface area contributed by atoms with Gasteiger partial charge >= 0.3 is 0 Å². The number of piperazine rings is 1. The number of hydrogen-bond acceptors (Lipinski definition) is 3. The number of halogens is 3. The standard InChI is InChI=1S/C20H17ClF2N4O/c21-15-4-1-13(2-5-15)18-12-19(25-24-18)26-7-9-27(10-8-26)20(28)14-3-6-16(22)17(23)11-14/h1-6,11-12H,7-10H2,(H,24,25). The van der Waals surface area contributed by atoms with E-state index in [1.807, 2.05) is 30.3 Å². The molecule has 1 amide bonds. The smallest absolute Gasteiger partial charge is 0.254 e. The summed E-state index contributed by atoms with van der Waals surface area (Å²) in [5.41, 5.74) is 2.01. The van der Waals surface area contributed by atoms with E-state index in [-0.39, 0.29) is 11.5 Å². The zero-order valence-electron chi connectivity index (χ0n) is 14.8. The average molecular weight is 403 g/mol. The van der Waals surface area contributed by atoms with E-state index in [1.54, 1.807) is 4.90 Å². The van der Waals surface area contributed by atoms with Gasteiger partial charge in [0, 0.05) is 42.8 Å². The summed E-state index contributed by atoms with van der Waals surface area (Å²) in [4.78, 5) is 16.2. The Morgan fingerprint density at radius 3 is 2.36 bits per heavy atom. The van der Waals surface area contributed by atoms with Crippen LogP contribution in [0.25, 0.3) is 11.3 Å². The molecule has 1 aliphatic heterocycles. The van der Waals surface area contributed by atoms with E-state index in [9.17, 15) is 13.6 Å². The highest BCUT2D eigenvalue weighted by molar-refractivity contribution is 6.30. The maximum absolute atomic E-state index is 13.4. The van der Waals surface area contributed by atoms with Crippen LogP contribution in [0.5, 0.6) is 0 Å². The average Bonchev–Trinajstić information content (AvgIpc) is 3.20. The third-order valence-electron chi connectivity index (χ3n) is 4.78. The molecule has 0 atom stereocenters. The first-order chi connectivity index (χ1) is 13.5. The van der Waals surface area contributed by atoms with Gasteiger partial charge in [-0.1, -0.05) is 23.7 Å². The zero-order valence-corrected chi connectivity index (χ0v) is 15.6. The van der Waals surface area contributed by atoms with Crippen molar-refractivity contribution in [3.05, 3.63) is 70.8 Å². The lowest BCUT2D eigenvalue weighted by Crippen LogP contribution is -2.49. The van der Waals surface area contributed by atoms with E-state index < -0.39 is 11.6 Å². The lowest BCUT2D eigenvalue weighted by atomic mass is 10.1. The van der Waals surface area contributed by atoms with E-state index in [2.05, 4.69) is 15.1 Å². The van der Waals surface area contributed by atoms with Crippen LogP contribution in [0.1, 0.15) is 10.4 Å². The molecule has 3 aromatic rings. The summed E-state index contributed by atoms with van der Waals surface area (Å²) in [5.74, 6) is -1.49.